The first-order chi connectivity index (χ1) is 13.1. The maximum absolute atomic E-state index is 11.8. The highest BCUT2D eigenvalue weighted by molar-refractivity contribution is 5.93. The second-order valence-corrected chi connectivity index (χ2v) is 5.80. The maximum atomic E-state index is 11.8. The van der Waals surface area contributed by atoms with Gasteiger partial charge in [-0.15, -0.1) is 0 Å². The highest BCUT2D eigenvalue weighted by Crippen LogP contribution is 2.12. The van der Waals surface area contributed by atoms with Gasteiger partial charge in [0.1, 0.15) is 5.75 Å². The molecule has 3 N–H and O–H groups in total. The summed E-state index contributed by atoms with van der Waals surface area (Å²) < 4.78 is 5.34. The first-order valence-corrected chi connectivity index (χ1v) is 8.71. The third kappa shape index (κ3) is 7.60. The largest absolute Gasteiger partial charge is 0.484 e. The van der Waals surface area contributed by atoms with E-state index in [-0.39, 0.29) is 25.4 Å². The molecule has 3 amide bonds. The zero-order valence-electron chi connectivity index (χ0n) is 15.2. The fourth-order valence-electron chi connectivity index (χ4n) is 2.18. The van der Waals surface area contributed by atoms with Crippen molar-refractivity contribution in [3.8, 4) is 5.75 Å². The summed E-state index contributed by atoms with van der Waals surface area (Å²) in [6.07, 6.45) is 0.894. The quantitative estimate of drug-likeness (QED) is 0.622. The number of carbonyl (C=O) groups excluding carboxylic acids is 3. The Morgan fingerprint density at radius 3 is 2.11 bits per heavy atom. The lowest BCUT2D eigenvalue weighted by Gasteiger charge is -2.09. The number of anilines is 1. The molecule has 0 saturated heterocycles. The molecule has 0 fully saturated rings. The Bertz CT molecular complexity index is 761. The molecule has 2 aromatic carbocycles. The molecule has 0 radical (unpaired) electrons. The first kappa shape index (κ1) is 20.0. The fourth-order valence-corrected chi connectivity index (χ4v) is 2.18. The number of benzene rings is 2. The van der Waals surface area contributed by atoms with Crippen LogP contribution in [-0.4, -0.2) is 24.3 Å². The average molecular weight is 369 g/mol. The van der Waals surface area contributed by atoms with E-state index in [1.165, 1.54) is 5.56 Å². The van der Waals surface area contributed by atoms with Crippen LogP contribution in [0.4, 0.5) is 5.69 Å². The Balaban J connectivity index is 1.61. The monoisotopic (exact) mass is 369 g/mol. The van der Waals surface area contributed by atoms with Crippen LogP contribution in [-0.2, 0) is 20.8 Å². The van der Waals surface area contributed by atoms with Gasteiger partial charge in [0.15, 0.2) is 6.61 Å². The summed E-state index contributed by atoms with van der Waals surface area (Å²) in [6.45, 7) is 1.83. The Kier molecular flexibility index (Phi) is 7.84. The summed E-state index contributed by atoms with van der Waals surface area (Å²) in [7, 11) is 0. The van der Waals surface area contributed by atoms with E-state index in [1.807, 2.05) is 18.2 Å². The Morgan fingerprint density at radius 2 is 1.44 bits per heavy atom. The number of hydrogen-bond acceptors (Lipinski definition) is 4. The number of ether oxygens (including phenoxy) is 1. The van der Waals surface area contributed by atoms with Crippen LogP contribution in [0.2, 0.25) is 0 Å². The summed E-state index contributed by atoms with van der Waals surface area (Å²) in [6, 6.07) is 16.4. The number of hydrogen-bond donors (Lipinski definition) is 3. The first-order valence-electron chi connectivity index (χ1n) is 8.71. The topological polar surface area (TPSA) is 96.5 Å². The Morgan fingerprint density at radius 1 is 0.815 bits per heavy atom. The van der Waals surface area contributed by atoms with Crippen molar-refractivity contribution in [2.75, 3.05) is 11.9 Å². The highest BCUT2D eigenvalue weighted by atomic mass is 16.5. The summed E-state index contributed by atoms with van der Waals surface area (Å²) >= 11 is 0. The lowest BCUT2D eigenvalue weighted by atomic mass is 10.2. The molecule has 142 valence electrons. The molecular formula is C20H23N3O4. The molecule has 0 atom stereocenters. The van der Waals surface area contributed by atoms with E-state index < -0.39 is 11.8 Å². The molecular weight excluding hydrogens is 346 g/mol. The molecule has 0 unspecified atom stereocenters. The van der Waals surface area contributed by atoms with Gasteiger partial charge in [0, 0.05) is 18.5 Å². The minimum atomic E-state index is -0.489. The predicted octanol–water partition coefficient (Wildman–Crippen LogP) is 2.19. The van der Waals surface area contributed by atoms with Crippen molar-refractivity contribution in [2.45, 2.75) is 26.2 Å². The van der Waals surface area contributed by atoms with Crippen molar-refractivity contribution in [3.05, 3.63) is 60.2 Å². The number of rotatable bonds is 8. The van der Waals surface area contributed by atoms with Gasteiger partial charge in [-0.3, -0.25) is 25.2 Å². The summed E-state index contributed by atoms with van der Waals surface area (Å²) in [4.78, 5) is 35.2. The van der Waals surface area contributed by atoms with Crippen LogP contribution < -0.4 is 20.9 Å². The minimum absolute atomic E-state index is 0.0108. The van der Waals surface area contributed by atoms with Crippen LogP contribution >= 0.6 is 0 Å². The van der Waals surface area contributed by atoms with Gasteiger partial charge in [-0.05, 0) is 36.2 Å². The number of para-hydroxylation sites is 1. The molecule has 0 saturated carbocycles. The molecule has 27 heavy (non-hydrogen) atoms. The molecule has 0 bridgehead atoms. The number of carbonyl (C=O) groups is 3. The van der Waals surface area contributed by atoms with Gasteiger partial charge < -0.3 is 10.1 Å². The summed E-state index contributed by atoms with van der Waals surface area (Å²) in [5.41, 5.74) is 6.35. The molecule has 7 nitrogen and oxygen atoms in total. The predicted molar refractivity (Wildman–Crippen MR) is 102 cm³/mol. The molecule has 2 aromatic rings. The van der Waals surface area contributed by atoms with Crippen LogP contribution in [0, 0.1) is 0 Å². The fraction of sp³-hybridized carbons (Fsp3) is 0.250. The van der Waals surface area contributed by atoms with E-state index in [4.69, 9.17) is 4.74 Å². The van der Waals surface area contributed by atoms with Gasteiger partial charge in [-0.2, -0.15) is 0 Å². The molecule has 0 spiro atoms. The van der Waals surface area contributed by atoms with Crippen LogP contribution in [0.3, 0.4) is 0 Å². The van der Waals surface area contributed by atoms with E-state index >= 15 is 0 Å². The summed E-state index contributed by atoms with van der Waals surface area (Å²) in [5.74, 6) is -0.650. The minimum Gasteiger partial charge on any atom is -0.484 e. The lowest BCUT2D eigenvalue weighted by molar-refractivity contribution is -0.130. The zero-order chi connectivity index (χ0) is 19.5. The van der Waals surface area contributed by atoms with E-state index in [0.717, 1.165) is 6.42 Å². The van der Waals surface area contributed by atoms with Crippen LogP contribution in [0.1, 0.15) is 25.3 Å². The molecule has 7 heteroatoms. The summed E-state index contributed by atoms with van der Waals surface area (Å²) in [5, 5.41) is 2.68. The van der Waals surface area contributed by atoms with Crippen LogP contribution in [0.15, 0.2) is 54.6 Å². The van der Waals surface area contributed by atoms with Gasteiger partial charge in [-0.25, -0.2) is 0 Å². The van der Waals surface area contributed by atoms with E-state index in [1.54, 1.807) is 36.4 Å². The van der Waals surface area contributed by atoms with Gasteiger partial charge in [-0.1, -0.05) is 37.3 Å². The van der Waals surface area contributed by atoms with Crippen molar-refractivity contribution in [2.24, 2.45) is 0 Å². The molecule has 0 heterocycles. The normalized spacial score (nSPS) is 9.96. The second-order valence-electron chi connectivity index (χ2n) is 5.80. The second kappa shape index (κ2) is 10.6. The van der Waals surface area contributed by atoms with Crippen LogP contribution in [0.5, 0.6) is 5.75 Å². The van der Waals surface area contributed by atoms with Crippen molar-refractivity contribution in [1.82, 2.24) is 10.9 Å². The Hall–Kier alpha value is -3.35. The number of aryl methyl sites for hydroxylation is 1. The molecule has 0 aliphatic carbocycles. The van der Waals surface area contributed by atoms with E-state index in [2.05, 4.69) is 23.1 Å². The van der Waals surface area contributed by atoms with E-state index in [0.29, 0.717) is 11.4 Å². The van der Waals surface area contributed by atoms with Crippen molar-refractivity contribution in [3.63, 3.8) is 0 Å². The number of hydrazine groups is 1. The highest BCUT2D eigenvalue weighted by Gasteiger charge is 2.09. The lowest BCUT2D eigenvalue weighted by Crippen LogP contribution is -2.44. The molecule has 0 aromatic heterocycles. The molecule has 2 rings (SSSR count). The van der Waals surface area contributed by atoms with Crippen molar-refractivity contribution in [1.29, 1.82) is 0 Å². The van der Waals surface area contributed by atoms with Crippen molar-refractivity contribution >= 4 is 23.4 Å². The number of nitrogens with one attached hydrogen (secondary N) is 3. The SMILES string of the molecule is CCc1ccc(OCC(=O)NNC(=O)CCC(=O)Nc2ccccc2)cc1. The molecule has 0 aliphatic rings. The van der Waals surface area contributed by atoms with Crippen molar-refractivity contribution < 1.29 is 19.1 Å². The maximum Gasteiger partial charge on any atom is 0.276 e. The van der Waals surface area contributed by atoms with E-state index in [9.17, 15) is 14.4 Å². The van der Waals surface area contributed by atoms with Gasteiger partial charge in [0.05, 0.1) is 0 Å². The smallest absolute Gasteiger partial charge is 0.276 e. The molecule has 0 aliphatic heterocycles. The zero-order valence-corrected chi connectivity index (χ0v) is 15.2. The van der Waals surface area contributed by atoms with Gasteiger partial charge in [0.2, 0.25) is 11.8 Å². The van der Waals surface area contributed by atoms with Gasteiger partial charge in [0.25, 0.3) is 5.91 Å². The van der Waals surface area contributed by atoms with Crippen LogP contribution in [0.25, 0.3) is 0 Å². The Labute approximate surface area is 158 Å². The number of amides is 3. The average Bonchev–Trinajstić information content (AvgIpc) is 2.70. The standard InChI is InChI=1S/C20H23N3O4/c1-2-15-8-10-17(11-9-15)27-14-20(26)23-22-19(25)13-12-18(24)21-16-6-4-3-5-7-16/h3-11H,2,12-14H2,1H3,(H,21,24)(H,22,25)(H,23,26). The third-order valence-corrected chi connectivity index (χ3v) is 3.68. The third-order valence-electron chi connectivity index (χ3n) is 3.68. The van der Waals surface area contributed by atoms with Gasteiger partial charge >= 0.3 is 0 Å².